The second-order valence-electron chi connectivity index (χ2n) is 4.73. The molecular formula is C12H12N4O2S. The Balaban J connectivity index is 1.96. The standard InChI is InChI=1S/C12H12N4O2S/c13-8-9-1-2-12-11(7-9)14-15-16(12)10-3-5-19(17,18)6-4-10/h1-2,7,10H,3-6H2. The first kappa shape index (κ1) is 12.1. The molecule has 1 fully saturated rings. The highest BCUT2D eigenvalue weighted by molar-refractivity contribution is 7.91. The van der Waals surface area contributed by atoms with Crippen LogP contribution < -0.4 is 0 Å². The SMILES string of the molecule is N#Cc1ccc2c(c1)nnn2C1CCS(=O)(=O)CC1. The van der Waals surface area contributed by atoms with E-state index in [1.807, 2.05) is 6.07 Å². The first-order valence-corrected chi connectivity index (χ1v) is 7.87. The number of fused-ring (bicyclic) bond motifs is 1. The van der Waals surface area contributed by atoms with Gasteiger partial charge in [-0.15, -0.1) is 5.10 Å². The summed E-state index contributed by atoms with van der Waals surface area (Å²) in [6, 6.07) is 7.37. The predicted octanol–water partition coefficient (Wildman–Crippen LogP) is 1.05. The van der Waals surface area contributed by atoms with Crippen molar-refractivity contribution in [2.75, 3.05) is 11.5 Å². The van der Waals surface area contributed by atoms with Gasteiger partial charge in [-0.3, -0.25) is 0 Å². The van der Waals surface area contributed by atoms with Crippen LogP contribution in [0.15, 0.2) is 18.2 Å². The number of rotatable bonds is 1. The number of hydrogen-bond donors (Lipinski definition) is 0. The van der Waals surface area contributed by atoms with Crippen molar-refractivity contribution < 1.29 is 8.42 Å². The summed E-state index contributed by atoms with van der Waals surface area (Å²) in [5.74, 6) is 0.407. The highest BCUT2D eigenvalue weighted by Gasteiger charge is 2.26. The lowest BCUT2D eigenvalue weighted by Gasteiger charge is -2.22. The summed E-state index contributed by atoms with van der Waals surface area (Å²) < 4.78 is 24.6. The summed E-state index contributed by atoms with van der Waals surface area (Å²) in [6.45, 7) is 0. The first-order chi connectivity index (χ1) is 9.09. The molecule has 0 aliphatic carbocycles. The number of aromatic nitrogens is 3. The van der Waals surface area contributed by atoms with E-state index in [1.165, 1.54) is 0 Å². The minimum absolute atomic E-state index is 0.0708. The molecule has 19 heavy (non-hydrogen) atoms. The molecule has 3 rings (SSSR count). The monoisotopic (exact) mass is 276 g/mol. The molecule has 98 valence electrons. The van der Waals surface area contributed by atoms with Crippen molar-refractivity contribution in [3.8, 4) is 6.07 Å². The van der Waals surface area contributed by atoms with Crippen LogP contribution in [0.2, 0.25) is 0 Å². The van der Waals surface area contributed by atoms with E-state index in [9.17, 15) is 8.42 Å². The molecule has 1 aliphatic rings. The van der Waals surface area contributed by atoms with Gasteiger partial charge in [0.05, 0.1) is 34.7 Å². The van der Waals surface area contributed by atoms with Gasteiger partial charge in [0.25, 0.3) is 0 Å². The molecule has 2 heterocycles. The van der Waals surface area contributed by atoms with Gasteiger partial charge in [-0.05, 0) is 31.0 Å². The van der Waals surface area contributed by atoms with Gasteiger partial charge in [-0.25, -0.2) is 13.1 Å². The van der Waals surface area contributed by atoms with E-state index >= 15 is 0 Å². The van der Waals surface area contributed by atoms with Crippen LogP contribution in [-0.4, -0.2) is 34.9 Å². The molecule has 2 aromatic rings. The zero-order valence-electron chi connectivity index (χ0n) is 10.2. The Hall–Kier alpha value is -1.94. The molecule has 7 heteroatoms. The van der Waals surface area contributed by atoms with E-state index in [-0.39, 0.29) is 17.5 Å². The molecule has 1 aromatic heterocycles. The fraction of sp³-hybridized carbons (Fsp3) is 0.417. The van der Waals surface area contributed by atoms with Gasteiger partial charge in [0.1, 0.15) is 15.4 Å². The fourth-order valence-electron chi connectivity index (χ4n) is 2.40. The van der Waals surface area contributed by atoms with Crippen LogP contribution in [0.1, 0.15) is 24.4 Å². The van der Waals surface area contributed by atoms with E-state index in [0.717, 1.165) is 5.52 Å². The maximum Gasteiger partial charge on any atom is 0.150 e. The summed E-state index contributed by atoms with van der Waals surface area (Å²) in [5.41, 5.74) is 2.07. The Labute approximate surface area is 110 Å². The van der Waals surface area contributed by atoms with Gasteiger partial charge in [-0.1, -0.05) is 5.21 Å². The second-order valence-corrected chi connectivity index (χ2v) is 7.04. The molecule has 6 nitrogen and oxygen atoms in total. The molecule has 0 radical (unpaired) electrons. The number of hydrogen-bond acceptors (Lipinski definition) is 5. The highest BCUT2D eigenvalue weighted by atomic mass is 32.2. The van der Waals surface area contributed by atoms with Gasteiger partial charge in [0.15, 0.2) is 0 Å². The van der Waals surface area contributed by atoms with Crippen molar-refractivity contribution in [3.05, 3.63) is 23.8 Å². The molecule has 1 aliphatic heterocycles. The fourth-order valence-corrected chi connectivity index (χ4v) is 3.87. The van der Waals surface area contributed by atoms with E-state index in [2.05, 4.69) is 16.4 Å². The van der Waals surface area contributed by atoms with Crippen molar-refractivity contribution in [2.45, 2.75) is 18.9 Å². The topological polar surface area (TPSA) is 88.6 Å². The van der Waals surface area contributed by atoms with Crippen LogP contribution in [0, 0.1) is 11.3 Å². The van der Waals surface area contributed by atoms with Crippen LogP contribution in [0.3, 0.4) is 0 Å². The normalized spacial score (nSPS) is 19.3. The number of nitrogens with zero attached hydrogens (tertiary/aromatic N) is 4. The van der Waals surface area contributed by atoms with Crippen LogP contribution in [0.4, 0.5) is 0 Å². The summed E-state index contributed by atoms with van der Waals surface area (Å²) in [7, 11) is -2.88. The molecule has 0 spiro atoms. The highest BCUT2D eigenvalue weighted by Crippen LogP contribution is 2.26. The Bertz CT molecular complexity index is 759. The van der Waals surface area contributed by atoms with E-state index in [4.69, 9.17) is 5.26 Å². The molecule has 0 unspecified atom stereocenters. The lowest BCUT2D eigenvalue weighted by molar-refractivity contribution is 0.415. The number of benzene rings is 1. The summed E-state index contributed by atoms with van der Waals surface area (Å²) in [4.78, 5) is 0. The van der Waals surface area contributed by atoms with Gasteiger partial charge < -0.3 is 0 Å². The van der Waals surface area contributed by atoms with Crippen molar-refractivity contribution in [1.29, 1.82) is 5.26 Å². The third-order valence-electron chi connectivity index (χ3n) is 3.47. The largest absolute Gasteiger partial charge is 0.242 e. The van der Waals surface area contributed by atoms with E-state index in [1.54, 1.807) is 16.8 Å². The Morgan fingerprint density at radius 2 is 2.05 bits per heavy atom. The van der Waals surface area contributed by atoms with Crippen LogP contribution in [0.5, 0.6) is 0 Å². The third-order valence-corrected chi connectivity index (χ3v) is 5.19. The lowest BCUT2D eigenvalue weighted by Crippen LogP contribution is -2.26. The third kappa shape index (κ3) is 2.19. The Morgan fingerprint density at radius 1 is 1.32 bits per heavy atom. The summed E-state index contributed by atoms with van der Waals surface area (Å²) in [5, 5.41) is 17.0. The molecule has 1 aromatic carbocycles. The van der Waals surface area contributed by atoms with Gasteiger partial charge in [-0.2, -0.15) is 5.26 Å². The average Bonchev–Trinajstić information content (AvgIpc) is 2.81. The van der Waals surface area contributed by atoms with Crippen LogP contribution in [-0.2, 0) is 9.84 Å². The van der Waals surface area contributed by atoms with Crippen molar-refractivity contribution in [1.82, 2.24) is 15.0 Å². The van der Waals surface area contributed by atoms with Gasteiger partial charge >= 0.3 is 0 Å². The zero-order chi connectivity index (χ0) is 13.5. The van der Waals surface area contributed by atoms with Crippen LogP contribution >= 0.6 is 0 Å². The quantitative estimate of drug-likeness (QED) is 0.776. The Morgan fingerprint density at radius 3 is 2.74 bits per heavy atom. The van der Waals surface area contributed by atoms with E-state index in [0.29, 0.717) is 23.9 Å². The molecule has 1 saturated heterocycles. The molecule has 0 N–H and O–H groups in total. The smallest absolute Gasteiger partial charge is 0.150 e. The van der Waals surface area contributed by atoms with E-state index < -0.39 is 9.84 Å². The number of nitriles is 1. The maximum atomic E-state index is 11.4. The minimum Gasteiger partial charge on any atom is -0.242 e. The summed E-state index contributed by atoms with van der Waals surface area (Å²) >= 11 is 0. The zero-order valence-corrected chi connectivity index (χ0v) is 11.0. The lowest BCUT2D eigenvalue weighted by atomic mass is 10.1. The molecule has 0 bridgehead atoms. The molecule has 0 saturated carbocycles. The van der Waals surface area contributed by atoms with Gasteiger partial charge in [0.2, 0.25) is 0 Å². The molecular weight excluding hydrogens is 264 g/mol. The number of sulfone groups is 1. The maximum absolute atomic E-state index is 11.4. The average molecular weight is 276 g/mol. The van der Waals surface area contributed by atoms with Crippen molar-refractivity contribution in [2.24, 2.45) is 0 Å². The second kappa shape index (κ2) is 4.31. The van der Waals surface area contributed by atoms with Crippen LogP contribution in [0.25, 0.3) is 11.0 Å². The predicted molar refractivity (Wildman–Crippen MR) is 69.2 cm³/mol. The minimum atomic E-state index is -2.88. The van der Waals surface area contributed by atoms with Crippen molar-refractivity contribution in [3.63, 3.8) is 0 Å². The summed E-state index contributed by atoms with van der Waals surface area (Å²) in [6.07, 6.45) is 1.14. The molecule has 0 atom stereocenters. The van der Waals surface area contributed by atoms with Gasteiger partial charge in [0, 0.05) is 0 Å². The molecule has 0 amide bonds. The van der Waals surface area contributed by atoms with Crippen molar-refractivity contribution >= 4 is 20.9 Å². The first-order valence-electron chi connectivity index (χ1n) is 6.04. The Kier molecular flexibility index (Phi) is 2.75.